The highest BCUT2D eigenvalue weighted by molar-refractivity contribution is 9.13. The molecule has 4 nitrogen and oxygen atoms in total. The molecule has 0 radical (unpaired) electrons. The summed E-state index contributed by atoms with van der Waals surface area (Å²) in [5, 5.41) is -0.245. The molecule has 1 aliphatic heterocycles. The Morgan fingerprint density at radius 1 is 1.39 bits per heavy atom. The Hall–Kier alpha value is -0.530. The maximum atomic E-state index is 12.0. The second-order valence-corrected chi connectivity index (χ2v) is 6.48. The van der Waals surface area contributed by atoms with Crippen molar-refractivity contribution >= 4 is 60.8 Å². The van der Waals surface area contributed by atoms with E-state index in [-0.39, 0.29) is 17.2 Å². The van der Waals surface area contributed by atoms with Crippen molar-refractivity contribution in [1.82, 2.24) is 4.90 Å². The molecule has 2 heterocycles. The number of rotatable bonds is 2. The quantitative estimate of drug-likeness (QED) is 0.703. The molecule has 0 aliphatic carbocycles. The molecule has 0 atom stereocenters. The fourth-order valence-electron chi connectivity index (χ4n) is 1.49. The second-order valence-electron chi connectivity index (χ2n) is 3.92. The molecule has 1 fully saturated rings. The molecule has 96 valence electrons. The maximum absolute atomic E-state index is 12.0. The van der Waals surface area contributed by atoms with Gasteiger partial charge in [0.25, 0.3) is 11.1 Å². The van der Waals surface area contributed by atoms with E-state index in [9.17, 15) is 9.59 Å². The van der Waals surface area contributed by atoms with Gasteiger partial charge in [-0.15, -0.1) is 0 Å². The lowest BCUT2D eigenvalue weighted by atomic mass is 10.3. The number of halogens is 2. The topological polar surface area (TPSA) is 50.5 Å². The third-order valence-electron chi connectivity index (χ3n) is 2.28. The molecule has 2 amide bonds. The highest BCUT2D eigenvalue weighted by Crippen LogP contribution is 2.35. The van der Waals surface area contributed by atoms with Crippen LogP contribution in [-0.2, 0) is 4.79 Å². The summed E-state index contributed by atoms with van der Waals surface area (Å²) in [7, 11) is 0. The molecule has 1 aromatic heterocycles. The van der Waals surface area contributed by atoms with Crippen molar-refractivity contribution < 1.29 is 14.0 Å². The maximum Gasteiger partial charge on any atom is 0.293 e. The molecule has 1 aliphatic rings. The van der Waals surface area contributed by atoms with Crippen LogP contribution in [0.2, 0.25) is 0 Å². The van der Waals surface area contributed by atoms with E-state index in [2.05, 4.69) is 31.9 Å². The number of imide groups is 1. The largest absolute Gasteiger partial charge is 0.449 e. The van der Waals surface area contributed by atoms with Gasteiger partial charge in [-0.05, 0) is 63.5 Å². The van der Waals surface area contributed by atoms with E-state index in [1.807, 2.05) is 0 Å². The van der Waals surface area contributed by atoms with Crippen LogP contribution in [0.4, 0.5) is 4.79 Å². The van der Waals surface area contributed by atoms with Crippen LogP contribution >= 0.6 is 43.6 Å². The van der Waals surface area contributed by atoms with Gasteiger partial charge < -0.3 is 4.42 Å². The van der Waals surface area contributed by atoms with Gasteiger partial charge in [0.15, 0.2) is 4.67 Å². The zero-order valence-corrected chi connectivity index (χ0v) is 13.6. The summed E-state index contributed by atoms with van der Waals surface area (Å²) in [5.41, 5.74) is 0. The van der Waals surface area contributed by atoms with Gasteiger partial charge in [-0.3, -0.25) is 14.5 Å². The number of thioether (sulfide) groups is 1. The van der Waals surface area contributed by atoms with Crippen molar-refractivity contribution in [3.8, 4) is 0 Å². The summed E-state index contributed by atoms with van der Waals surface area (Å²) in [5.74, 6) is 0.242. The molecule has 1 saturated heterocycles. The first kappa shape index (κ1) is 13.9. The Morgan fingerprint density at radius 2 is 2.06 bits per heavy atom. The van der Waals surface area contributed by atoms with E-state index >= 15 is 0 Å². The molecule has 0 spiro atoms. The summed E-state index contributed by atoms with van der Waals surface area (Å²) in [4.78, 5) is 25.3. The fourth-order valence-corrected chi connectivity index (χ4v) is 3.04. The molecule has 1 aromatic rings. The molecule has 2 rings (SSSR count). The Kier molecular flexibility index (Phi) is 4.03. The Balaban J connectivity index is 2.30. The first-order valence-electron chi connectivity index (χ1n) is 5.12. The van der Waals surface area contributed by atoms with Gasteiger partial charge in [0.2, 0.25) is 0 Å². The molecule has 7 heteroatoms. The first-order chi connectivity index (χ1) is 8.40. The summed E-state index contributed by atoms with van der Waals surface area (Å²) < 4.78 is 6.67. The van der Waals surface area contributed by atoms with E-state index in [1.54, 1.807) is 26.0 Å². The van der Waals surface area contributed by atoms with Gasteiger partial charge in [-0.2, -0.15) is 0 Å². The predicted molar refractivity (Wildman–Crippen MR) is 77.1 cm³/mol. The minimum atomic E-state index is -0.274. The van der Waals surface area contributed by atoms with Gasteiger partial charge in [0, 0.05) is 12.1 Å². The normalized spacial score (nSPS) is 18.5. The summed E-state index contributed by atoms with van der Waals surface area (Å²) >= 11 is 7.43. The van der Waals surface area contributed by atoms with Crippen molar-refractivity contribution in [2.75, 3.05) is 0 Å². The van der Waals surface area contributed by atoms with Crippen LogP contribution in [0.25, 0.3) is 6.08 Å². The van der Waals surface area contributed by atoms with Gasteiger partial charge in [0.05, 0.1) is 9.38 Å². The molecule has 0 saturated carbocycles. The Labute approximate surface area is 125 Å². The smallest absolute Gasteiger partial charge is 0.293 e. The van der Waals surface area contributed by atoms with E-state index in [1.165, 1.54) is 4.90 Å². The average Bonchev–Trinajstić information content (AvgIpc) is 2.69. The van der Waals surface area contributed by atoms with Crippen LogP contribution in [0, 0.1) is 0 Å². The third-order valence-corrected chi connectivity index (χ3v) is 4.87. The lowest BCUT2D eigenvalue weighted by molar-refractivity contribution is -0.123. The third kappa shape index (κ3) is 2.57. The number of hydrogen-bond donors (Lipinski definition) is 0. The van der Waals surface area contributed by atoms with Crippen LogP contribution in [0.3, 0.4) is 0 Å². The number of nitrogens with zero attached hydrogens (tertiary/aromatic N) is 1. The van der Waals surface area contributed by atoms with Gasteiger partial charge in [-0.1, -0.05) is 0 Å². The number of hydrogen-bond acceptors (Lipinski definition) is 4. The van der Waals surface area contributed by atoms with Crippen molar-refractivity contribution in [2.45, 2.75) is 19.9 Å². The standard InChI is InChI=1S/C11H9Br2NO3S/c1-5(2)14-10(15)8(18-11(14)16)4-6-3-7(12)9(13)17-6/h3-5H,1-2H3/b8-4-. The minimum absolute atomic E-state index is 0.140. The number of carbonyl (C=O) groups excluding carboxylic acids is 2. The van der Waals surface area contributed by atoms with Gasteiger partial charge >= 0.3 is 0 Å². The van der Waals surface area contributed by atoms with Crippen LogP contribution in [-0.4, -0.2) is 22.1 Å². The van der Waals surface area contributed by atoms with Crippen LogP contribution in [0.15, 0.2) is 24.5 Å². The highest BCUT2D eigenvalue weighted by Gasteiger charge is 2.36. The van der Waals surface area contributed by atoms with E-state index in [4.69, 9.17) is 4.42 Å². The lowest BCUT2D eigenvalue weighted by Crippen LogP contribution is -2.34. The van der Waals surface area contributed by atoms with Crippen molar-refractivity contribution in [2.24, 2.45) is 0 Å². The molecule has 0 unspecified atom stereocenters. The van der Waals surface area contributed by atoms with E-state index in [0.717, 1.165) is 16.2 Å². The first-order valence-corrected chi connectivity index (χ1v) is 7.52. The van der Waals surface area contributed by atoms with Crippen LogP contribution in [0.1, 0.15) is 19.6 Å². The monoisotopic (exact) mass is 393 g/mol. The molecule has 0 bridgehead atoms. The molecule has 0 aromatic carbocycles. The van der Waals surface area contributed by atoms with E-state index in [0.29, 0.717) is 15.3 Å². The number of amides is 2. The Bertz CT molecular complexity index is 531. The van der Waals surface area contributed by atoms with Gasteiger partial charge in [0.1, 0.15) is 5.76 Å². The molecule has 18 heavy (non-hydrogen) atoms. The molecular weight excluding hydrogens is 386 g/mol. The van der Waals surface area contributed by atoms with Crippen molar-refractivity contribution in [3.05, 3.63) is 25.9 Å². The summed E-state index contributed by atoms with van der Waals surface area (Å²) in [6.07, 6.45) is 1.57. The number of carbonyl (C=O) groups is 2. The minimum Gasteiger partial charge on any atom is -0.449 e. The Morgan fingerprint density at radius 3 is 2.50 bits per heavy atom. The van der Waals surface area contributed by atoms with E-state index < -0.39 is 0 Å². The van der Waals surface area contributed by atoms with Crippen molar-refractivity contribution in [1.29, 1.82) is 0 Å². The second kappa shape index (κ2) is 5.22. The SMILES string of the molecule is CC(C)N1C(=O)S/C(=C\c2cc(Br)c(Br)o2)C1=O. The molecule has 0 N–H and O–H groups in total. The number of furan rings is 1. The zero-order chi connectivity index (χ0) is 13.4. The summed E-state index contributed by atoms with van der Waals surface area (Å²) in [6, 6.07) is 1.59. The highest BCUT2D eigenvalue weighted by atomic mass is 79.9. The lowest BCUT2D eigenvalue weighted by Gasteiger charge is -2.16. The molecular formula is C11H9Br2NO3S. The van der Waals surface area contributed by atoms with Gasteiger partial charge in [-0.25, -0.2) is 0 Å². The fraction of sp³-hybridized carbons (Fsp3) is 0.273. The van der Waals surface area contributed by atoms with Crippen molar-refractivity contribution in [3.63, 3.8) is 0 Å². The average molecular weight is 395 g/mol. The predicted octanol–water partition coefficient (Wildman–Crippen LogP) is 4.25. The zero-order valence-electron chi connectivity index (χ0n) is 9.57. The van der Waals surface area contributed by atoms with Crippen LogP contribution in [0.5, 0.6) is 0 Å². The van der Waals surface area contributed by atoms with Crippen LogP contribution < -0.4 is 0 Å². The summed E-state index contributed by atoms with van der Waals surface area (Å²) in [6.45, 7) is 3.61.